The maximum Gasteiger partial charge on any atom is 0.259 e. The number of rotatable bonds is 5. The van der Waals surface area contributed by atoms with Gasteiger partial charge in [0.1, 0.15) is 11.5 Å². The lowest BCUT2D eigenvalue weighted by Gasteiger charge is -2.30. The highest BCUT2D eigenvalue weighted by Crippen LogP contribution is 2.35. The van der Waals surface area contributed by atoms with Crippen LogP contribution in [0.3, 0.4) is 0 Å². The molecule has 1 N–H and O–H groups in total. The van der Waals surface area contributed by atoms with Gasteiger partial charge >= 0.3 is 0 Å². The Hall–Kier alpha value is -2.15. The van der Waals surface area contributed by atoms with E-state index in [0.29, 0.717) is 29.7 Å². The molecule has 1 heterocycles. The summed E-state index contributed by atoms with van der Waals surface area (Å²) < 4.78 is 16.0. The van der Waals surface area contributed by atoms with Crippen LogP contribution in [-0.4, -0.2) is 46.4 Å². The van der Waals surface area contributed by atoms with Gasteiger partial charge in [0, 0.05) is 24.2 Å². The van der Waals surface area contributed by atoms with E-state index >= 15 is 0 Å². The van der Waals surface area contributed by atoms with Crippen LogP contribution in [-0.2, 0) is 4.74 Å². The fraction of sp³-hybridized carbons (Fsp3) is 0.316. The molecule has 1 amide bonds. The zero-order chi connectivity index (χ0) is 19.4. The van der Waals surface area contributed by atoms with Gasteiger partial charge in [0.05, 0.1) is 49.4 Å². The number of ether oxygens (including phenoxy) is 3. The molecule has 0 bridgehead atoms. The van der Waals surface area contributed by atoms with Crippen LogP contribution in [0.5, 0.6) is 11.5 Å². The number of methoxy groups -OCH3 is 2. The van der Waals surface area contributed by atoms with Gasteiger partial charge in [-0.25, -0.2) is 0 Å². The highest BCUT2D eigenvalue weighted by atomic mass is 35.5. The van der Waals surface area contributed by atoms with Crippen LogP contribution in [0.4, 0.5) is 11.4 Å². The normalized spacial score (nSPS) is 14.0. The molecular weight excluding hydrogens is 391 g/mol. The van der Waals surface area contributed by atoms with Crippen molar-refractivity contribution in [2.75, 3.05) is 50.7 Å². The number of carbonyl (C=O) groups excluding carboxylic acids is 1. The Morgan fingerprint density at radius 1 is 1.11 bits per heavy atom. The number of hydrogen-bond acceptors (Lipinski definition) is 5. The van der Waals surface area contributed by atoms with E-state index < -0.39 is 0 Å². The lowest BCUT2D eigenvalue weighted by atomic mass is 10.1. The SMILES string of the molecule is COc1ccc(N2CCOCC2)c(NC(=O)c2cc(Cl)cc(Cl)c2OC)c1. The molecule has 1 saturated heterocycles. The molecule has 2 aromatic rings. The predicted octanol–water partition coefficient (Wildman–Crippen LogP) is 4.10. The summed E-state index contributed by atoms with van der Waals surface area (Å²) in [5.74, 6) is 0.534. The van der Waals surface area contributed by atoms with E-state index in [4.69, 9.17) is 37.4 Å². The summed E-state index contributed by atoms with van der Waals surface area (Å²) in [6, 6.07) is 8.61. The topological polar surface area (TPSA) is 60.0 Å². The summed E-state index contributed by atoms with van der Waals surface area (Å²) in [4.78, 5) is 15.1. The lowest BCUT2D eigenvalue weighted by Crippen LogP contribution is -2.36. The van der Waals surface area contributed by atoms with Crippen LogP contribution in [0, 0.1) is 0 Å². The second-order valence-corrected chi connectivity index (χ2v) is 6.75. The summed E-state index contributed by atoms with van der Waals surface area (Å²) in [6.45, 7) is 2.75. The first kappa shape index (κ1) is 19.6. The molecule has 2 aromatic carbocycles. The Kier molecular flexibility index (Phi) is 6.31. The van der Waals surface area contributed by atoms with Crippen LogP contribution in [0.2, 0.25) is 10.0 Å². The first-order valence-electron chi connectivity index (χ1n) is 8.38. The summed E-state index contributed by atoms with van der Waals surface area (Å²) in [6.07, 6.45) is 0. The predicted molar refractivity (Wildman–Crippen MR) is 107 cm³/mol. The Balaban J connectivity index is 1.95. The second kappa shape index (κ2) is 8.69. The molecule has 8 heteroatoms. The Morgan fingerprint density at radius 3 is 2.52 bits per heavy atom. The number of amides is 1. The third kappa shape index (κ3) is 4.40. The zero-order valence-electron chi connectivity index (χ0n) is 15.1. The number of benzene rings is 2. The second-order valence-electron chi connectivity index (χ2n) is 5.91. The summed E-state index contributed by atoms with van der Waals surface area (Å²) in [7, 11) is 3.03. The molecule has 0 aliphatic carbocycles. The van der Waals surface area contributed by atoms with E-state index in [2.05, 4.69) is 10.2 Å². The maximum absolute atomic E-state index is 12.9. The number of anilines is 2. The lowest BCUT2D eigenvalue weighted by molar-refractivity contribution is 0.102. The summed E-state index contributed by atoms with van der Waals surface area (Å²) in [5.41, 5.74) is 1.77. The molecule has 0 radical (unpaired) electrons. The van der Waals surface area contributed by atoms with Gasteiger partial charge < -0.3 is 24.4 Å². The van der Waals surface area contributed by atoms with Crippen LogP contribution in [0.1, 0.15) is 10.4 Å². The Labute approximate surface area is 167 Å². The molecule has 0 saturated carbocycles. The molecule has 3 rings (SSSR count). The van der Waals surface area contributed by atoms with Gasteiger partial charge in [-0.05, 0) is 24.3 Å². The number of halogens is 2. The van der Waals surface area contributed by atoms with Crippen LogP contribution >= 0.6 is 23.2 Å². The minimum atomic E-state index is -0.376. The minimum absolute atomic E-state index is 0.255. The minimum Gasteiger partial charge on any atom is -0.497 e. The number of carbonyl (C=O) groups is 1. The largest absolute Gasteiger partial charge is 0.497 e. The summed E-state index contributed by atoms with van der Waals surface area (Å²) >= 11 is 12.2. The van der Waals surface area contributed by atoms with Gasteiger partial charge in [-0.15, -0.1) is 0 Å². The van der Waals surface area contributed by atoms with E-state index in [-0.39, 0.29) is 22.2 Å². The third-order valence-corrected chi connectivity index (χ3v) is 4.76. The van der Waals surface area contributed by atoms with Crippen molar-refractivity contribution in [1.82, 2.24) is 0 Å². The van der Waals surface area contributed by atoms with E-state index in [9.17, 15) is 4.79 Å². The van der Waals surface area contributed by atoms with Crippen molar-refractivity contribution < 1.29 is 19.0 Å². The van der Waals surface area contributed by atoms with E-state index in [1.807, 2.05) is 12.1 Å². The van der Waals surface area contributed by atoms with Crippen molar-refractivity contribution in [2.45, 2.75) is 0 Å². The molecule has 144 valence electrons. The smallest absolute Gasteiger partial charge is 0.259 e. The molecule has 0 atom stereocenters. The zero-order valence-corrected chi connectivity index (χ0v) is 16.6. The van der Waals surface area contributed by atoms with Gasteiger partial charge in [0.15, 0.2) is 0 Å². The Bertz CT molecular complexity index is 839. The number of morpholine rings is 1. The molecule has 1 fully saturated rings. The molecular formula is C19H20Cl2N2O4. The highest BCUT2D eigenvalue weighted by Gasteiger charge is 2.21. The van der Waals surface area contributed by atoms with Crippen LogP contribution < -0.4 is 19.7 Å². The van der Waals surface area contributed by atoms with Crippen LogP contribution in [0.25, 0.3) is 0 Å². The number of nitrogens with one attached hydrogen (secondary N) is 1. The quantitative estimate of drug-likeness (QED) is 0.803. The highest BCUT2D eigenvalue weighted by molar-refractivity contribution is 6.36. The van der Waals surface area contributed by atoms with Gasteiger partial charge in [-0.3, -0.25) is 4.79 Å². The molecule has 0 spiro atoms. The van der Waals surface area contributed by atoms with E-state index in [0.717, 1.165) is 18.8 Å². The van der Waals surface area contributed by atoms with E-state index in [1.165, 1.54) is 19.2 Å². The van der Waals surface area contributed by atoms with Crippen molar-refractivity contribution in [3.05, 3.63) is 45.9 Å². The Morgan fingerprint density at radius 2 is 1.85 bits per heavy atom. The van der Waals surface area contributed by atoms with Gasteiger partial charge in [-0.2, -0.15) is 0 Å². The van der Waals surface area contributed by atoms with Crippen molar-refractivity contribution in [1.29, 1.82) is 0 Å². The summed E-state index contributed by atoms with van der Waals surface area (Å²) in [5, 5.41) is 3.55. The maximum atomic E-state index is 12.9. The fourth-order valence-corrected chi connectivity index (χ4v) is 3.52. The van der Waals surface area contributed by atoms with Gasteiger partial charge in [0.2, 0.25) is 0 Å². The molecule has 0 aromatic heterocycles. The standard InChI is InChI=1S/C19H20Cl2N2O4/c1-25-13-3-4-17(23-5-7-27-8-6-23)16(11-13)22-19(24)14-9-12(20)10-15(21)18(14)26-2/h3-4,9-11H,5-8H2,1-2H3,(H,22,24). The van der Waals surface area contributed by atoms with E-state index in [1.54, 1.807) is 13.2 Å². The van der Waals surface area contributed by atoms with Crippen LogP contribution in [0.15, 0.2) is 30.3 Å². The average molecular weight is 411 g/mol. The molecule has 1 aliphatic heterocycles. The van der Waals surface area contributed by atoms with Crippen molar-refractivity contribution >= 4 is 40.5 Å². The van der Waals surface area contributed by atoms with Gasteiger partial charge in [0.25, 0.3) is 5.91 Å². The molecule has 6 nitrogen and oxygen atoms in total. The number of nitrogens with zero attached hydrogens (tertiary/aromatic N) is 1. The fourth-order valence-electron chi connectivity index (χ4n) is 2.95. The van der Waals surface area contributed by atoms with Gasteiger partial charge in [-0.1, -0.05) is 23.2 Å². The molecule has 27 heavy (non-hydrogen) atoms. The molecule has 0 unspecified atom stereocenters. The van der Waals surface area contributed by atoms with Crippen molar-refractivity contribution in [2.24, 2.45) is 0 Å². The first-order chi connectivity index (χ1) is 13.0. The van der Waals surface area contributed by atoms with Crippen molar-refractivity contribution in [3.8, 4) is 11.5 Å². The monoisotopic (exact) mass is 410 g/mol. The van der Waals surface area contributed by atoms with Crippen molar-refractivity contribution in [3.63, 3.8) is 0 Å². The number of hydrogen-bond donors (Lipinski definition) is 1. The first-order valence-corrected chi connectivity index (χ1v) is 9.14. The average Bonchev–Trinajstić information content (AvgIpc) is 2.68. The molecule has 1 aliphatic rings. The third-order valence-electron chi connectivity index (χ3n) is 4.26.